The maximum absolute atomic E-state index is 12.2. The summed E-state index contributed by atoms with van der Waals surface area (Å²) in [6.07, 6.45) is 1.32. The predicted molar refractivity (Wildman–Crippen MR) is 109 cm³/mol. The molecule has 0 heterocycles. The highest BCUT2D eigenvalue weighted by Crippen LogP contribution is 2.30. The number of carbonyl (C=O) groups is 1. The molecule has 0 spiro atoms. The lowest BCUT2D eigenvalue weighted by atomic mass is 9.87. The monoisotopic (exact) mass is 352 g/mol. The molecule has 0 saturated carbocycles. The molecule has 0 fully saturated rings. The molecule has 0 aliphatic heterocycles. The lowest BCUT2D eigenvalue weighted by Crippen LogP contribution is -2.09. The van der Waals surface area contributed by atoms with E-state index in [0.29, 0.717) is 18.4 Å². The first-order valence-electron chi connectivity index (χ1n) is 9.07. The molecule has 1 N–H and O–H groups in total. The molecule has 0 atom stereocenters. The van der Waals surface area contributed by atoms with Crippen molar-refractivity contribution in [3.05, 3.63) is 119 Å². The molecule has 2 nitrogen and oxygen atoms in total. The van der Waals surface area contributed by atoms with Crippen LogP contribution >= 0.6 is 0 Å². The highest BCUT2D eigenvalue weighted by molar-refractivity contribution is 6.05. The third-order valence-corrected chi connectivity index (χ3v) is 4.92. The van der Waals surface area contributed by atoms with Gasteiger partial charge in [0.25, 0.3) is 0 Å². The Hall–Kier alpha value is -3.39. The van der Waals surface area contributed by atoms with E-state index in [1.54, 1.807) is 0 Å². The lowest BCUT2D eigenvalue weighted by molar-refractivity contribution is 0.0698. The van der Waals surface area contributed by atoms with Crippen molar-refractivity contribution >= 4 is 16.7 Å². The van der Waals surface area contributed by atoms with E-state index < -0.39 is 5.97 Å². The first kappa shape index (κ1) is 17.0. The van der Waals surface area contributed by atoms with Crippen LogP contribution in [0.4, 0.5) is 0 Å². The number of rotatable bonds is 5. The Morgan fingerprint density at radius 1 is 0.704 bits per heavy atom. The summed E-state index contributed by atoms with van der Waals surface area (Å²) in [6.45, 7) is 0. The van der Waals surface area contributed by atoms with Gasteiger partial charge in [-0.25, -0.2) is 4.79 Å². The minimum absolute atomic E-state index is 0.419. The fourth-order valence-electron chi connectivity index (χ4n) is 3.67. The number of carboxylic acids is 1. The number of aromatic carboxylic acids is 1. The third-order valence-electron chi connectivity index (χ3n) is 4.92. The summed E-state index contributed by atoms with van der Waals surface area (Å²) in [4.78, 5) is 12.2. The fourth-order valence-corrected chi connectivity index (χ4v) is 3.67. The topological polar surface area (TPSA) is 37.3 Å². The van der Waals surface area contributed by atoms with Gasteiger partial charge in [-0.3, -0.25) is 0 Å². The smallest absolute Gasteiger partial charge is 0.336 e. The second-order valence-corrected chi connectivity index (χ2v) is 6.74. The zero-order valence-corrected chi connectivity index (χ0v) is 14.9. The molecule has 0 bridgehead atoms. The molecule has 27 heavy (non-hydrogen) atoms. The Balaban J connectivity index is 1.93. The van der Waals surface area contributed by atoms with E-state index in [1.807, 2.05) is 72.8 Å². The lowest BCUT2D eigenvalue weighted by Gasteiger charge is -2.16. The van der Waals surface area contributed by atoms with Gasteiger partial charge in [-0.1, -0.05) is 91.0 Å². The van der Waals surface area contributed by atoms with Gasteiger partial charge in [-0.2, -0.15) is 0 Å². The Bertz CT molecular complexity index is 1080. The summed E-state index contributed by atoms with van der Waals surface area (Å²) in [5.74, 6) is -0.868. The van der Waals surface area contributed by atoms with Gasteiger partial charge < -0.3 is 5.11 Å². The second kappa shape index (κ2) is 7.46. The van der Waals surface area contributed by atoms with Gasteiger partial charge >= 0.3 is 5.97 Å². The summed E-state index contributed by atoms with van der Waals surface area (Å²) in [6, 6.07) is 30.2. The van der Waals surface area contributed by atoms with E-state index in [1.165, 1.54) is 5.56 Å². The minimum Gasteiger partial charge on any atom is -0.478 e. The van der Waals surface area contributed by atoms with E-state index in [9.17, 15) is 9.90 Å². The Morgan fingerprint density at radius 3 is 1.89 bits per heavy atom. The third kappa shape index (κ3) is 3.61. The predicted octanol–water partition coefficient (Wildman–Crippen LogP) is 5.72. The second-order valence-electron chi connectivity index (χ2n) is 6.74. The minimum atomic E-state index is -0.868. The molecule has 0 amide bonds. The maximum atomic E-state index is 12.2. The van der Waals surface area contributed by atoms with Crippen LogP contribution < -0.4 is 0 Å². The van der Waals surface area contributed by atoms with E-state index in [-0.39, 0.29) is 0 Å². The van der Waals surface area contributed by atoms with Gasteiger partial charge in [0.2, 0.25) is 0 Å². The Morgan fingerprint density at radius 2 is 1.26 bits per heavy atom. The van der Waals surface area contributed by atoms with Crippen molar-refractivity contribution in [1.82, 2.24) is 0 Å². The van der Waals surface area contributed by atoms with Crippen molar-refractivity contribution in [3.8, 4) is 0 Å². The van der Waals surface area contributed by atoms with Crippen LogP contribution in [0.15, 0.2) is 91.0 Å². The van der Waals surface area contributed by atoms with Gasteiger partial charge in [0.05, 0.1) is 5.56 Å². The Labute approximate surface area is 158 Å². The van der Waals surface area contributed by atoms with Gasteiger partial charge in [0, 0.05) is 0 Å². The molecular formula is C25H20O2. The average Bonchev–Trinajstić information content (AvgIpc) is 2.69. The standard InChI is InChI=1S/C25H20O2/c26-25(27)24-22-14-8-7-13-20(22)17-21(15-18-9-3-1-4-10-18)23(24)16-19-11-5-2-6-12-19/h1-14,17H,15-16H2,(H,26,27). The van der Waals surface area contributed by atoms with Crippen LogP contribution in [0.1, 0.15) is 32.6 Å². The molecule has 132 valence electrons. The number of hydrogen-bond donors (Lipinski definition) is 1. The van der Waals surface area contributed by atoms with Gasteiger partial charge in [-0.15, -0.1) is 0 Å². The molecule has 0 radical (unpaired) electrons. The number of carboxylic acid groups (broad SMARTS) is 1. The Kier molecular flexibility index (Phi) is 4.71. The van der Waals surface area contributed by atoms with Crippen LogP contribution in [-0.4, -0.2) is 11.1 Å². The van der Waals surface area contributed by atoms with Gasteiger partial charge in [0.1, 0.15) is 0 Å². The zero-order valence-electron chi connectivity index (χ0n) is 14.9. The fraction of sp³-hybridized carbons (Fsp3) is 0.0800. The van der Waals surface area contributed by atoms with Crippen molar-refractivity contribution in [3.63, 3.8) is 0 Å². The van der Waals surface area contributed by atoms with Crippen molar-refractivity contribution < 1.29 is 9.90 Å². The molecule has 0 unspecified atom stereocenters. The van der Waals surface area contributed by atoms with E-state index in [2.05, 4.69) is 18.2 Å². The molecule has 4 rings (SSSR count). The molecule has 0 saturated heterocycles. The molecule has 0 aliphatic rings. The molecule has 0 aromatic heterocycles. The van der Waals surface area contributed by atoms with Crippen molar-refractivity contribution in [2.24, 2.45) is 0 Å². The van der Waals surface area contributed by atoms with E-state index in [0.717, 1.165) is 27.5 Å². The van der Waals surface area contributed by atoms with Crippen LogP contribution in [0.3, 0.4) is 0 Å². The van der Waals surface area contributed by atoms with Gasteiger partial charge in [-0.05, 0) is 45.9 Å². The first-order chi connectivity index (χ1) is 13.2. The molecule has 4 aromatic carbocycles. The highest BCUT2D eigenvalue weighted by Gasteiger charge is 2.19. The molecule has 0 aliphatic carbocycles. The highest BCUT2D eigenvalue weighted by atomic mass is 16.4. The van der Waals surface area contributed by atoms with Crippen LogP contribution in [0, 0.1) is 0 Å². The van der Waals surface area contributed by atoms with Crippen molar-refractivity contribution in [2.45, 2.75) is 12.8 Å². The summed E-state index contributed by atoms with van der Waals surface area (Å²) in [5.41, 5.74) is 4.68. The normalized spacial score (nSPS) is 10.8. The molecule has 4 aromatic rings. The van der Waals surface area contributed by atoms with Crippen LogP contribution in [0.2, 0.25) is 0 Å². The largest absolute Gasteiger partial charge is 0.478 e. The number of benzene rings is 4. The summed E-state index contributed by atoms with van der Waals surface area (Å²) < 4.78 is 0. The maximum Gasteiger partial charge on any atom is 0.336 e. The zero-order chi connectivity index (χ0) is 18.6. The average molecular weight is 352 g/mol. The molecular weight excluding hydrogens is 332 g/mol. The first-order valence-corrected chi connectivity index (χ1v) is 9.07. The van der Waals surface area contributed by atoms with Crippen molar-refractivity contribution in [1.29, 1.82) is 0 Å². The molecule has 2 heteroatoms. The summed E-state index contributed by atoms with van der Waals surface area (Å²) in [5, 5.41) is 11.8. The van der Waals surface area contributed by atoms with Crippen LogP contribution in [-0.2, 0) is 12.8 Å². The van der Waals surface area contributed by atoms with Gasteiger partial charge in [0.15, 0.2) is 0 Å². The van der Waals surface area contributed by atoms with Crippen LogP contribution in [0.5, 0.6) is 0 Å². The van der Waals surface area contributed by atoms with E-state index in [4.69, 9.17) is 0 Å². The summed E-state index contributed by atoms with van der Waals surface area (Å²) >= 11 is 0. The van der Waals surface area contributed by atoms with Crippen molar-refractivity contribution in [2.75, 3.05) is 0 Å². The summed E-state index contributed by atoms with van der Waals surface area (Å²) in [7, 11) is 0. The van der Waals surface area contributed by atoms with E-state index >= 15 is 0 Å². The van der Waals surface area contributed by atoms with Crippen LogP contribution in [0.25, 0.3) is 10.8 Å². The SMILES string of the molecule is O=C(O)c1c(Cc2ccccc2)c(Cc2ccccc2)cc2ccccc12. The number of hydrogen-bond acceptors (Lipinski definition) is 1. The number of fused-ring (bicyclic) bond motifs is 1. The quantitative estimate of drug-likeness (QED) is 0.499.